The number of alkyl halides is 2. The number of aromatic hydroxyl groups is 1. The maximum absolute atomic E-state index is 12.2. The fraction of sp³-hybridized carbons (Fsp3) is 0.154. The highest BCUT2D eigenvalue weighted by Gasteiger charge is 2.14. The average molecular weight is 335 g/mol. The van der Waals surface area contributed by atoms with Crippen LogP contribution in [0.25, 0.3) is 0 Å². The number of hydrogen-bond donors (Lipinski definition) is 2. The number of pyridine rings is 1. The summed E-state index contributed by atoms with van der Waals surface area (Å²) in [5, 5.41) is 12.1. The van der Waals surface area contributed by atoms with E-state index in [0.29, 0.717) is 17.9 Å². The third kappa shape index (κ3) is 4.34. The molecule has 0 unspecified atom stereocenters. The Labute approximate surface area is 129 Å². The molecule has 0 spiro atoms. The highest BCUT2D eigenvalue weighted by Crippen LogP contribution is 2.37. The first-order valence-corrected chi connectivity index (χ1v) is 6.53. The number of aromatic nitrogens is 1. The molecule has 0 saturated carbocycles. The minimum atomic E-state index is -3.00. The third-order valence-electron chi connectivity index (χ3n) is 2.49. The number of halogens is 4. The summed E-state index contributed by atoms with van der Waals surface area (Å²) < 4.78 is 28.6. The highest BCUT2D eigenvalue weighted by molar-refractivity contribution is 6.37. The van der Waals surface area contributed by atoms with Gasteiger partial charge in [0.2, 0.25) is 0 Å². The number of ether oxygens (including phenoxy) is 1. The van der Waals surface area contributed by atoms with Crippen LogP contribution in [0.5, 0.6) is 11.5 Å². The Bertz CT molecular complexity index is 601. The number of nitrogens with one attached hydrogen (secondary N) is 1. The fourth-order valence-corrected chi connectivity index (χ4v) is 2.15. The molecule has 1 aromatic heterocycles. The second kappa shape index (κ2) is 6.78. The first-order valence-electron chi connectivity index (χ1n) is 5.77. The molecule has 2 rings (SSSR count). The monoisotopic (exact) mass is 334 g/mol. The standard InChI is InChI=1S/C13H10Cl2F2N2O2/c14-10-3-8(4-11(15)12(10)21-13(16)17)18-5-7-1-2-9(20)6-19-7/h1-4,6,13,18,20H,5H2. The van der Waals surface area contributed by atoms with E-state index in [1.165, 1.54) is 24.4 Å². The fourth-order valence-electron chi connectivity index (χ4n) is 1.58. The van der Waals surface area contributed by atoms with E-state index in [1.807, 2.05) is 0 Å². The van der Waals surface area contributed by atoms with E-state index in [1.54, 1.807) is 6.07 Å². The molecule has 4 nitrogen and oxygen atoms in total. The van der Waals surface area contributed by atoms with E-state index in [2.05, 4.69) is 15.0 Å². The van der Waals surface area contributed by atoms with Gasteiger partial charge in [0.05, 0.1) is 28.5 Å². The second-order valence-corrected chi connectivity index (χ2v) is 4.82. The first kappa shape index (κ1) is 15.6. The molecule has 8 heteroatoms. The summed E-state index contributed by atoms with van der Waals surface area (Å²) in [7, 11) is 0. The van der Waals surface area contributed by atoms with Gasteiger partial charge in [-0.3, -0.25) is 4.98 Å². The SMILES string of the molecule is Oc1ccc(CNc2cc(Cl)c(OC(F)F)c(Cl)c2)nc1. The van der Waals surface area contributed by atoms with Gasteiger partial charge in [-0.15, -0.1) is 0 Å². The summed E-state index contributed by atoms with van der Waals surface area (Å²) in [4.78, 5) is 3.99. The van der Waals surface area contributed by atoms with Gasteiger partial charge in [-0.05, 0) is 24.3 Å². The lowest BCUT2D eigenvalue weighted by molar-refractivity contribution is -0.0497. The predicted molar refractivity (Wildman–Crippen MR) is 76.3 cm³/mol. The van der Waals surface area contributed by atoms with Gasteiger partial charge in [0, 0.05) is 5.69 Å². The lowest BCUT2D eigenvalue weighted by atomic mass is 10.2. The van der Waals surface area contributed by atoms with Crippen molar-refractivity contribution in [2.75, 3.05) is 5.32 Å². The Morgan fingerprint density at radius 3 is 2.43 bits per heavy atom. The van der Waals surface area contributed by atoms with Gasteiger partial charge in [0.15, 0.2) is 5.75 Å². The van der Waals surface area contributed by atoms with Crippen molar-refractivity contribution in [3.63, 3.8) is 0 Å². The van der Waals surface area contributed by atoms with Gasteiger partial charge in [0.1, 0.15) is 5.75 Å². The molecule has 0 saturated heterocycles. The Kier molecular flexibility index (Phi) is 5.03. The van der Waals surface area contributed by atoms with Crippen LogP contribution < -0.4 is 10.1 Å². The summed E-state index contributed by atoms with van der Waals surface area (Å²) >= 11 is 11.7. The zero-order chi connectivity index (χ0) is 15.4. The van der Waals surface area contributed by atoms with E-state index < -0.39 is 6.61 Å². The van der Waals surface area contributed by atoms with Crippen LogP contribution in [0.1, 0.15) is 5.69 Å². The molecule has 0 aliphatic heterocycles. The Morgan fingerprint density at radius 1 is 1.24 bits per heavy atom. The van der Waals surface area contributed by atoms with Gasteiger partial charge >= 0.3 is 6.61 Å². The molecule has 2 N–H and O–H groups in total. The van der Waals surface area contributed by atoms with Crippen LogP contribution in [-0.4, -0.2) is 16.7 Å². The molecule has 21 heavy (non-hydrogen) atoms. The molecule has 1 aromatic carbocycles. The summed E-state index contributed by atoms with van der Waals surface area (Å²) in [6.07, 6.45) is 1.32. The number of rotatable bonds is 5. The van der Waals surface area contributed by atoms with E-state index in [4.69, 9.17) is 28.3 Å². The van der Waals surface area contributed by atoms with Crippen molar-refractivity contribution < 1.29 is 18.6 Å². The van der Waals surface area contributed by atoms with Gasteiger partial charge in [-0.2, -0.15) is 8.78 Å². The van der Waals surface area contributed by atoms with Crippen LogP contribution in [0.15, 0.2) is 30.5 Å². The van der Waals surface area contributed by atoms with Gasteiger partial charge in [-0.25, -0.2) is 0 Å². The maximum Gasteiger partial charge on any atom is 0.387 e. The molecule has 1 heterocycles. The first-order chi connectivity index (χ1) is 9.95. The molecule has 0 radical (unpaired) electrons. The largest absolute Gasteiger partial charge is 0.506 e. The smallest absolute Gasteiger partial charge is 0.387 e. The number of anilines is 1. The lowest BCUT2D eigenvalue weighted by Crippen LogP contribution is -2.05. The van der Waals surface area contributed by atoms with Crippen molar-refractivity contribution in [2.45, 2.75) is 13.2 Å². The Hall–Kier alpha value is -1.79. The van der Waals surface area contributed by atoms with E-state index >= 15 is 0 Å². The molecule has 0 amide bonds. The zero-order valence-electron chi connectivity index (χ0n) is 10.5. The average Bonchev–Trinajstić information content (AvgIpc) is 2.42. The topological polar surface area (TPSA) is 54.4 Å². The number of hydrogen-bond acceptors (Lipinski definition) is 4. The van der Waals surface area contributed by atoms with Crippen LogP contribution >= 0.6 is 23.2 Å². The van der Waals surface area contributed by atoms with Crippen LogP contribution in [0, 0.1) is 0 Å². The molecule has 0 fully saturated rings. The minimum absolute atomic E-state index is 0.0241. The quantitative estimate of drug-likeness (QED) is 0.855. The van der Waals surface area contributed by atoms with E-state index in [-0.39, 0.29) is 21.5 Å². The Morgan fingerprint density at radius 2 is 1.90 bits per heavy atom. The summed E-state index contributed by atoms with van der Waals surface area (Å²) in [6.45, 7) is -2.65. The zero-order valence-corrected chi connectivity index (χ0v) is 12.0. The van der Waals surface area contributed by atoms with E-state index in [0.717, 1.165) is 0 Å². The molecule has 0 bridgehead atoms. The second-order valence-electron chi connectivity index (χ2n) is 4.01. The molecular formula is C13H10Cl2F2N2O2. The predicted octanol–water partition coefficient (Wildman–Crippen LogP) is 4.31. The van der Waals surface area contributed by atoms with Crippen molar-refractivity contribution in [1.82, 2.24) is 4.98 Å². The van der Waals surface area contributed by atoms with Crippen molar-refractivity contribution >= 4 is 28.9 Å². The molecule has 2 aromatic rings. The summed E-state index contributed by atoms with van der Waals surface area (Å²) in [5.74, 6) is -0.194. The van der Waals surface area contributed by atoms with Gasteiger partial charge < -0.3 is 15.2 Å². The minimum Gasteiger partial charge on any atom is -0.506 e. The van der Waals surface area contributed by atoms with Crippen molar-refractivity contribution in [3.8, 4) is 11.5 Å². The summed E-state index contributed by atoms with van der Waals surface area (Å²) in [5.41, 5.74) is 1.20. The van der Waals surface area contributed by atoms with Crippen molar-refractivity contribution in [2.24, 2.45) is 0 Å². The third-order valence-corrected chi connectivity index (χ3v) is 3.05. The van der Waals surface area contributed by atoms with E-state index in [9.17, 15) is 8.78 Å². The van der Waals surface area contributed by atoms with Crippen molar-refractivity contribution in [3.05, 3.63) is 46.2 Å². The highest BCUT2D eigenvalue weighted by atomic mass is 35.5. The molecule has 0 aliphatic rings. The summed E-state index contributed by atoms with van der Waals surface area (Å²) in [6, 6.07) is 5.99. The lowest BCUT2D eigenvalue weighted by Gasteiger charge is -2.12. The van der Waals surface area contributed by atoms with Gasteiger partial charge in [0.25, 0.3) is 0 Å². The molecule has 112 valence electrons. The van der Waals surface area contributed by atoms with Crippen LogP contribution in [0.4, 0.5) is 14.5 Å². The maximum atomic E-state index is 12.2. The van der Waals surface area contributed by atoms with Crippen LogP contribution in [-0.2, 0) is 6.54 Å². The normalized spacial score (nSPS) is 10.7. The van der Waals surface area contributed by atoms with Crippen molar-refractivity contribution in [1.29, 1.82) is 0 Å². The Balaban J connectivity index is 2.09. The number of nitrogens with zero attached hydrogens (tertiary/aromatic N) is 1. The van der Waals surface area contributed by atoms with Gasteiger partial charge in [-0.1, -0.05) is 23.2 Å². The van der Waals surface area contributed by atoms with Crippen LogP contribution in [0.2, 0.25) is 10.0 Å². The molecule has 0 atom stereocenters. The molecule has 0 aliphatic carbocycles. The van der Waals surface area contributed by atoms with Crippen LogP contribution in [0.3, 0.4) is 0 Å². The molecular weight excluding hydrogens is 325 g/mol. The number of benzene rings is 1.